The highest BCUT2D eigenvalue weighted by atomic mass is 19.4. The van der Waals surface area contributed by atoms with Gasteiger partial charge < -0.3 is 25.0 Å². The second kappa shape index (κ2) is 9.74. The number of carbonyl (C=O) groups excluding carboxylic acids is 1. The largest absolute Gasteiger partial charge is 0.573 e. The van der Waals surface area contributed by atoms with Crippen LogP contribution in [0.4, 0.5) is 35.2 Å². The van der Waals surface area contributed by atoms with E-state index in [1.165, 1.54) is 12.1 Å². The van der Waals surface area contributed by atoms with E-state index in [0.29, 0.717) is 30.3 Å². The maximum atomic E-state index is 12.2. The number of alkyl halides is 3. The van der Waals surface area contributed by atoms with Gasteiger partial charge in [-0.25, -0.2) is 4.79 Å². The second-order valence-electron chi connectivity index (χ2n) is 7.10. The number of ether oxygens (including phenoxy) is 2. The highest BCUT2D eigenvalue weighted by molar-refractivity contribution is 5.99. The zero-order valence-corrected chi connectivity index (χ0v) is 17.3. The van der Waals surface area contributed by atoms with Crippen LogP contribution in [0.5, 0.6) is 5.75 Å². The van der Waals surface area contributed by atoms with Gasteiger partial charge in [0.05, 0.1) is 18.9 Å². The first-order chi connectivity index (χ1) is 15.9. The molecule has 2 amide bonds. The standard InChI is InChI=1S/C22H20F3N5O3/c23-22(24,25)33-18-7-5-17(6-8-18)27-21(31)26-16-3-1-15(2-4-16)19-9-10-20(29-28-19)30-11-13-32-14-12-30/h1-10H,11-14H2,(H2,26,27,31). The Balaban J connectivity index is 1.32. The minimum atomic E-state index is -4.77. The van der Waals surface area contributed by atoms with Crippen molar-refractivity contribution in [3.8, 4) is 17.0 Å². The number of anilines is 3. The Labute approximate surface area is 187 Å². The number of hydrogen-bond donors (Lipinski definition) is 2. The Morgan fingerprint density at radius 3 is 2.03 bits per heavy atom. The van der Waals surface area contributed by atoms with Crippen LogP contribution in [0.25, 0.3) is 11.3 Å². The van der Waals surface area contributed by atoms with Crippen LogP contribution in [0, 0.1) is 0 Å². The topological polar surface area (TPSA) is 88.6 Å². The fourth-order valence-electron chi connectivity index (χ4n) is 3.20. The summed E-state index contributed by atoms with van der Waals surface area (Å²) in [7, 11) is 0. The number of halogens is 3. The van der Waals surface area contributed by atoms with E-state index in [2.05, 4.69) is 30.5 Å². The molecule has 1 fully saturated rings. The lowest BCUT2D eigenvalue weighted by Gasteiger charge is -2.27. The van der Waals surface area contributed by atoms with Gasteiger partial charge in [0.1, 0.15) is 5.75 Å². The summed E-state index contributed by atoms with van der Waals surface area (Å²) in [4.78, 5) is 14.3. The predicted octanol–water partition coefficient (Wildman–Crippen LogP) is 4.52. The van der Waals surface area contributed by atoms with Gasteiger partial charge >= 0.3 is 12.4 Å². The Morgan fingerprint density at radius 2 is 1.48 bits per heavy atom. The van der Waals surface area contributed by atoms with Crippen LogP contribution in [-0.2, 0) is 4.74 Å². The van der Waals surface area contributed by atoms with Crippen LogP contribution in [0.2, 0.25) is 0 Å². The van der Waals surface area contributed by atoms with E-state index in [4.69, 9.17) is 4.74 Å². The molecule has 11 heteroatoms. The summed E-state index contributed by atoms with van der Waals surface area (Å²) < 4.78 is 45.8. The third-order valence-corrected chi connectivity index (χ3v) is 4.77. The molecule has 172 valence electrons. The van der Waals surface area contributed by atoms with Crippen LogP contribution in [0.3, 0.4) is 0 Å². The lowest BCUT2D eigenvalue weighted by Crippen LogP contribution is -2.36. The Hall–Kier alpha value is -3.86. The van der Waals surface area contributed by atoms with Crippen LogP contribution < -0.4 is 20.3 Å². The number of morpholine rings is 1. The number of rotatable bonds is 5. The van der Waals surface area contributed by atoms with Gasteiger partial charge in [-0.15, -0.1) is 23.4 Å². The van der Waals surface area contributed by atoms with E-state index in [1.54, 1.807) is 24.3 Å². The van der Waals surface area contributed by atoms with E-state index in [9.17, 15) is 18.0 Å². The molecule has 4 rings (SSSR count). The molecule has 33 heavy (non-hydrogen) atoms. The highest BCUT2D eigenvalue weighted by Crippen LogP contribution is 2.24. The summed E-state index contributed by atoms with van der Waals surface area (Å²) in [6.45, 7) is 2.90. The third-order valence-electron chi connectivity index (χ3n) is 4.77. The normalized spacial score (nSPS) is 14.0. The first-order valence-electron chi connectivity index (χ1n) is 10.1. The molecule has 8 nitrogen and oxygen atoms in total. The molecule has 0 radical (unpaired) electrons. The minimum Gasteiger partial charge on any atom is -0.406 e. The molecule has 0 atom stereocenters. The van der Waals surface area contributed by atoms with Gasteiger partial charge in [0.2, 0.25) is 0 Å². The fraction of sp³-hybridized carbons (Fsp3) is 0.227. The predicted molar refractivity (Wildman–Crippen MR) is 116 cm³/mol. The smallest absolute Gasteiger partial charge is 0.406 e. The number of nitrogens with one attached hydrogen (secondary N) is 2. The number of hydrogen-bond acceptors (Lipinski definition) is 6. The SMILES string of the molecule is O=C(Nc1ccc(OC(F)(F)F)cc1)Nc1ccc(-c2ccc(N3CCOCC3)nn2)cc1. The lowest BCUT2D eigenvalue weighted by molar-refractivity contribution is -0.274. The molecule has 2 heterocycles. The Kier molecular flexibility index (Phi) is 6.59. The summed E-state index contributed by atoms with van der Waals surface area (Å²) >= 11 is 0. The Bertz CT molecular complexity index is 1070. The van der Waals surface area contributed by atoms with Crippen LogP contribution in [0.15, 0.2) is 60.7 Å². The molecule has 0 spiro atoms. The monoisotopic (exact) mass is 459 g/mol. The van der Waals surface area contributed by atoms with Gasteiger partial charge in [0, 0.05) is 30.0 Å². The molecule has 0 saturated carbocycles. The number of amides is 2. The van der Waals surface area contributed by atoms with Crippen LogP contribution in [0.1, 0.15) is 0 Å². The molecule has 0 aliphatic carbocycles. The van der Waals surface area contributed by atoms with Crippen molar-refractivity contribution in [1.29, 1.82) is 0 Å². The molecule has 3 aromatic rings. The van der Waals surface area contributed by atoms with Gasteiger partial charge in [0.15, 0.2) is 5.82 Å². The van der Waals surface area contributed by atoms with E-state index in [1.807, 2.05) is 12.1 Å². The molecular weight excluding hydrogens is 439 g/mol. The van der Waals surface area contributed by atoms with Gasteiger partial charge in [-0.3, -0.25) is 0 Å². The van der Waals surface area contributed by atoms with Crippen molar-refractivity contribution in [2.75, 3.05) is 41.8 Å². The lowest BCUT2D eigenvalue weighted by atomic mass is 10.1. The van der Waals surface area contributed by atoms with Crippen molar-refractivity contribution in [3.05, 3.63) is 60.7 Å². The Morgan fingerprint density at radius 1 is 0.879 bits per heavy atom. The van der Waals surface area contributed by atoms with Gasteiger partial charge in [-0.05, 0) is 48.5 Å². The molecule has 1 aromatic heterocycles. The number of nitrogens with zero attached hydrogens (tertiary/aromatic N) is 3. The van der Waals surface area contributed by atoms with E-state index >= 15 is 0 Å². The fourth-order valence-corrected chi connectivity index (χ4v) is 3.20. The van der Waals surface area contributed by atoms with Crippen molar-refractivity contribution < 1.29 is 27.4 Å². The summed E-state index contributed by atoms with van der Waals surface area (Å²) in [6.07, 6.45) is -4.77. The van der Waals surface area contributed by atoms with Crippen molar-refractivity contribution in [2.24, 2.45) is 0 Å². The summed E-state index contributed by atoms with van der Waals surface area (Å²) in [6, 6.07) is 15.1. The van der Waals surface area contributed by atoms with Crippen molar-refractivity contribution in [1.82, 2.24) is 10.2 Å². The zero-order chi connectivity index (χ0) is 23.3. The quantitative estimate of drug-likeness (QED) is 0.583. The number of benzene rings is 2. The van der Waals surface area contributed by atoms with Crippen molar-refractivity contribution >= 4 is 23.2 Å². The molecule has 2 N–H and O–H groups in total. The maximum Gasteiger partial charge on any atom is 0.573 e. The van der Waals surface area contributed by atoms with Gasteiger partial charge in [-0.1, -0.05) is 12.1 Å². The van der Waals surface area contributed by atoms with Crippen LogP contribution in [-0.4, -0.2) is 48.9 Å². The van der Waals surface area contributed by atoms with E-state index in [0.717, 1.165) is 36.6 Å². The van der Waals surface area contributed by atoms with Crippen molar-refractivity contribution in [3.63, 3.8) is 0 Å². The third kappa shape index (κ3) is 6.32. The van der Waals surface area contributed by atoms with E-state index in [-0.39, 0.29) is 5.75 Å². The molecule has 1 saturated heterocycles. The summed E-state index contributed by atoms with van der Waals surface area (Å²) in [5.41, 5.74) is 2.38. The molecule has 1 aliphatic heterocycles. The maximum absolute atomic E-state index is 12.2. The summed E-state index contributed by atoms with van der Waals surface area (Å²) in [5, 5.41) is 13.8. The number of carbonyl (C=O) groups is 1. The number of urea groups is 1. The summed E-state index contributed by atoms with van der Waals surface area (Å²) in [5.74, 6) is 0.431. The first kappa shape index (κ1) is 22.3. The minimum absolute atomic E-state index is 0.314. The van der Waals surface area contributed by atoms with Crippen molar-refractivity contribution in [2.45, 2.75) is 6.36 Å². The molecule has 0 bridgehead atoms. The zero-order valence-electron chi connectivity index (χ0n) is 17.3. The second-order valence-corrected chi connectivity index (χ2v) is 7.10. The molecule has 2 aromatic carbocycles. The average molecular weight is 459 g/mol. The van der Waals surface area contributed by atoms with E-state index < -0.39 is 12.4 Å². The first-order valence-corrected chi connectivity index (χ1v) is 10.1. The molecule has 0 unspecified atom stereocenters. The molecular formula is C22H20F3N5O3. The highest BCUT2D eigenvalue weighted by Gasteiger charge is 2.31. The van der Waals surface area contributed by atoms with Gasteiger partial charge in [-0.2, -0.15) is 0 Å². The van der Waals surface area contributed by atoms with Gasteiger partial charge in [0.25, 0.3) is 0 Å². The van der Waals surface area contributed by atoms with Crippen LogP contribution >= 0.6 is 0 Å². The number of aromatic nitrogens is 2. The average Bonchev–Trinajstić information content (AvgIpc) is 2.81. The molecule has 1 aliphatic rings.